The number of piperidine rings is 1. The van der Waals surface area contributed by atoms with Crippen LogP contribution >= 0.6 is 0 Å². The Morgan fingerprint density at radius 3 is 2.47 bits per heavy atom. The molecular weight excluding hydrogens is 220 g/mol. The molecule has 1 heterocycles. The van der Waals surface area contributed by atoms with E-state index in [0.717, 1.165) is 32.2 Å². The molecule has 0 aromatic rings. The first-order chi connectivity index (χ1) is 8.14. The van der Waals surface area contributed by atoms with Gasteiger partial charge in [0.2, 0.25) is 5.91 Å². The van der Waals surface area contributed by atoms with E-state index in [4.69, 9.17) is 0 Å². The van der Waals surface area contributed by atoms with Crippen LogP contribution in [0.2, 0.25) is 0 Å². The third-order valence-corrected chi connectivity index (χ3v) is 3.90. The molecule has 1 atom stereocenters. The molecule has 1 aliphatic heterocycles. The molecule has 1 aliphatic carbocycles. The SMILES string of the molecule is O=C(NC1(C(=O)O)CCCC1)[C@H]1CCCNC1. The van der Waals surface area contributed by atoms with Crippen molar-refractivity contribution in [2.24, 2.45) is 5.92 Å². The highest BCUT2D eigenvalue weighted by Crippen LogP contribution is 2.30. The summed E-state index contributed by atoms with van der Waals surface area (Å²) in [5, 5.41) is 15.2. The summed E-state index contributed by atoms with van der Waals surface area (Å²) in [4.78, 5) is 23.4. The first-order valence-electron chi connectivity index (χ1n) is 6.40. The fourth-order valence-electron chi connectivity index (χ4n) is 2.78. The Kier molecular flexibility index (Phi) is 3.66. The van der Waals surface area contributed by atoms with E-state index in [1.54, 1.807) is 0 Å². The zero-order chi connectivity index (χ0) is 12.3. The van der Waals surface area contributed by atoms with Gasteiger partial charge in [0.15, 0.2) is 0 Å². The molecule has 17 heavy (non-hydrogen) atoms. The first kappa shape index (κ1) is 12.4. The summed E-state index contributed by atoms with van der Waals surface area (Å²) in [6.07, 6.45) is 4.74. The number of carbonyl (C=O) groups excluding carboxylic acids is 1. The van der Waals surface area contributed by atoms with Gasteiger partial charge in [-0.1, -0.05) is 12.8 Å². The smallest absolute Gasteiger partial charge is 0.329 e. The predicted molar refractivity (Wildman–Crippen MR) is 62.6 cm³/mol. The lowest BCUT2D eigenvalue weighted by Gasteiger charge is -2.29. The summed E-state index contributed by atoms with van der Waals surface area (Å²) in [5.41, 5.74) is -0.992. The predicted octanol–water partition coefficient (Wildman–Crippen LogP) is 0.500. The molecule has 2 aliphatic rings. The summed E-state index contributed by atoms with van der Waals surface area (Å²) < 4.78 is 0. The van der Waals surface area contributed by atoms with Gasteiger partial charge < -0.3 is 15.7 Å². The molecule has 5 nitrogen and oxygen atoms in total. The van der Waals surface area contributed by atoms with Crippen molar-refractivity contribution in [2.75, 3.05) is 13.1 Å². The number of carboxylic acids is 1. The van der Waals surface area contributed by atoms with Crippen LogP contribution in [0.3, 0.4) is 0 Å². The number of hydrogen-bond donors (Lipinski definition) is 3. The molecule has 5 heteroatoms. The number of rotatable bonds is 3. The van der Waals surface area contributed by atoms with Crippen LogP contribution in [0.1, 0.15) is 38.5 Å². The zero-order valence-corrected chi connectivity index (χ0v) is 10.00. The van der Waals surface area contributed by atoms with Crippen LogP contribution in [0.15, 0.2) is 0 Å². The molecule has 0 spiro atoms. The highest BCUT2D eigenvalue weighted by Gasteiger charge is 2.43. The molecule has 1 amide bonds. The second kappa shape index (κ2) is 5.04. The second-order valence-electron chi connectivity index (χ2n) is 5.13. The molecular formula is C12H20N2O3. The van der Waals surface area contributed by atoms with Crippen molar-refractivity contribution in [2.45, 2.75) is 44.1 Å². The van der Waals surface area contributed by atoms with Crippen LogP contribution in [-0.2, 0) is 9.59 Å². The van der Waals surface area contributed by atoms with Crippen molar-refractivity contribution in [3.63, 3.8) is 0 Å². The lowest BCUT2D eigenvalue weighted by Crippen LogP contribution is -2.55. The molecule has 3 N–H and O–H groups in total. The van der Waals surface area contributed by atoms with Crippen molar-refractivity contribution < 1.29 is 14.7 Å². The Labute approximate surface area is 101 Å². The maximum atomic E-state index is 12.0. The average Bonchev–Trinajstić information content (AvgIpc) is 2.80. The number of aliphatic carboxylic acids is 1. The van der Waals surface area contributed by atoms with E-state index >= 15 is 0 Å². The highest BCUT2D eigenvalue weighted by molar-refractivity contribution is 5.88. The third-order valence-electron chi connectivity index (χ3n) is 3.90. The lowest BCUT2D eigenvalue weighted by molar-refractivity contribution is -0.148. The van der Waals surface area contributed by atoms with Gasteiger partial charge in [-0.25, -0.2) is 4.79 Å². The van der Waals surface area contributed by atoms with Gasteiger partial charge in [0.25, 0.3) is 0 Å². The lowest BCUT2D eigenvalue weighted by atomic mass is 9.93. The van der Waals surface area contributed by atoms with Gasteiger partial charge in [0.1, 0.15) is 5.54 Å². The maximum absolute atomic E-state index is 12.0. The van der Waals surface area contributed by atoms with Gasteiger partial charge in [-0.2, -0.15) is 0 Å². The van der Waals surface area contributed by atoms with Gasteiger partial charge >= 0.3 is 5.97 Å². The van der Waals surface area contributed by atoms with Gasteiger partial charge in [-0.05, 0) is 32.2 Å². The van der Waals surface area contributed by atoms with Crippen molar-refractivity contribution in [1.29, 1.82) is 0 Å². The zero-order valence-electron chi connectivity index (χ0n) is 10.00. The van der Waals surface area contributed by atoms with E-state index in [-0.39, 0.29) is 11.8 Å². The fraction of sp³-hybridized carbons (Fsp3) is 0.833. The summed E-state index contributed by atoms with van der Waals surface area (Å²) in [6, 6.07) is 0. The largest absolute Gasteiger partial charge is 0.480 e. The normalized spacial score (nSPS) is 27.6. The Morgan fingerprint density at radius 1 is 1.24 bits per heavy atom. The standard InChI is InChI=1S/C12H20N2O3/c15-10(9-4-3-7-13-8-9)14-12(11(16)17)5-1-2-6-12/h9,13H,1-8H2,(H,14,15)(H,16,17)/t9-/m0/s1. The Bertz CT molecular complexity index is 305. The van der Waals surface area contributed by atoms with Crippen LogP contribution in [0, 0.1) is 5.92 Å². The Hall–Kier alpha value is -1.10. The quantitative estimate of drug-likeness (QED) is 0.671. The number of carbonyl (C=O) groups is 2. The summed E-state index contributed by atoms with van der Waals surface area (Å²) in [6.45, 7) is 1.62. The van der Waals surface area contributed by atoms with Gasteiger partial charge in [0.05, 0.1) is 5.92 Å². The molecule has 0 radical (unpaired) electrons. The second-order valence-corrected chi connectivity index (χ2v) is 5.13. The van der Waals surface area contributed by atoms with E-state index in [1.165, 1.54) is 0 Å². The Balaban J connectivity index is 1.98. The highest BCUT2D eigenvalue weighted by atomic mass is 16.4. The van der Waals surface area contributed by atoms with E-state index in [1.807, 2.05) is 0 Å². The summed E-state index contributed by atoms with van der Waals surface area (Å²) >= 11 is 0. The average molecular weight is 240 g/mol. The van der Waals surface area contributed by atoms with Gasteiger partial charge in [-0.15, -0.1) is 0 Å². The van der Waals surface area contributed by atoms with Crippen LogP contribution in [0.5, 0.6) is 0 Å². The van der Waals surface area contributed by atoms with Crippen molar-refractivity contribution >= 4 is 11.9 Å². The van der Waals surface area contributed by atoms with Crippen LogP contribution in [-0.4, -0.2) is 35.6 Å². The molecule has 1 saturated heterocycles. The molecule has 0 bridgehead atoms. The number of carboxylic acid groups (broad SMARTS) is 1. The van der Waals surface area contributed by atoms with Gasteiger partial charge in [-0.3, -0.25) is 4.79 Å². The van der Waals surface area contributed by atoms with Crippen molar-refractivity contribution in [3.05, 3.63) is 0 Å². The third kappa shape index (κ3) is 2.60. The fourth-order valence-corrected chi connectivity index (χ4v) is 2.78. The Morgan fingerprint density at radius 2 is 1.94 bits per heavy atom. The maximum Gasteiger partial charge on any atom is 0.329 e. The van der Waals surface area contributed by atoms with Crippen LogP contribution < -0.4 is 10.6 Å². The summed E-state index contributed by atoms with van der Waals surface area (Å²) in [7, 11) is 0. The minimum absolute atomic E-state index is 0.0689. The number of nitrogens with one attached hydrogen (secondary N) is 2. The first-order valence-corrected chi connectivity index (χ1v) is 6.40. The van der Waals surface area contributed by atoms with Gasteiger partial charge in [0, 0.05) is 6.54 Å². The molecule has 0 aromatic heterocycles. The monoisotopic (exact) mass is 240 g/mol. The molecule has 0 aromatic carbocycles. The van der Waals surface area contributed by atoms with Crippen molar-refractivity contribution in [3.8, 4) is 0 Å². The van der Waals surface area contributed by atoms with Crippen molar-refractivity contribution in [1.82, 2.24) is 10.6 Å². The molecule has 2 fully saturated rings. The van der Waals surface area contributed by atoms with E-state index in [2.05, 4.69) is 10.6 Å². The molecule has 1 saturated carbocycles. The number of hydrogen-bond acceptors (Lipinski definition) is 3. The van der Waals surface area contributed by atoms with E-state index in [9.17, 15) is 14.7 Å². The number of amides is 1. The molecule has 0 unspecified atom stereocenters. The minimum atomic E-state index is -0.992. The molecule has 96 valence electrons. The molecule has 2 rings (SSSR count). The minimum Gasteiger partial charge on any atom is -0.480 e. The van der Waals surface area contributed by atoms with E-state index < -0.39 is 11.5 Å². The topological polar surface area (TPSA) is 78.4 Å². The van der Waals surface area contributed by atoms with E-state index in [0.29, 0.717) is 19.4 Å². The van der Waals surface area contributed by atoms with Crippen LogP contribution in [0.4, 0.5) is 0 Å². The summed E-state index contributed by atoms with van der Waals surface area (Å²) in [5.74, 6) is -1.05. The van der Waals surface area contributed by atoms with Crippen LogP contribution in [0.25, 0.3) is 0 Å².